The van der Waals surface area contributed by atoms with Gasteiger partial charge >= 0.3 is 0 Å². The molecule has 3 rings (SSSR count). The molecule has 0 unspecified atom stereocenters. The summed E-state index contributed by atoms with van der Waals surface area (Å²) < 4.78 is 0.815. The summed E-state index contributed by atoms with van der Waals surface area (Å²) in [6.07, 6.45) is 0. The SMILES string of the molecule is Nc1cc(C(=O)N2CCN(Cc3ccc(Cl)s3)CC2)[nH]n1. The summed E-state index contributed by atoms with van der Waals surface area (Å²) in [4.78, 5) is 17.6. The van der Waals surface area contributed by atoms with Crippen LogP contribution in [0.25, 0.3) is 0 Å². The number of nitrogens with zero attached hydrogens (tertiary/aromatic N) is 3. The Labute approximate surface area is 131 Å². The summed E-state index contributed by atoms with van der Waals surface area (Å²) in [6.45, 7) is 4.00. The molecule has 0 bridgehead atoms. The minimum atomic E-state index is -0.0435. The molecule has 0 aromatic carbocycles. The predicted molar refractivity (Wildman–Crippen MR) is 83.5 cm³/mol. The molecule has 8 heteroatoms. The van der Waals surface area contributed by atoms with E-state index in [0.29, 0.717) is 24.6 Å². The van der Waals surface area contributed by atoms with Crippen molar-refractivity contribution in [2.24, 2.45) is 0 Å². The lowest BCUT2D eigenvalue weighted by Crippen LogP contribution is -2.48. The summed E-state index contributed by atoms with van der Waals surface area (Å²) in [5, 5.41) is 6.45. The van der Waals surface area contributed by atoms with Gasteiger partial charge in [-0.05, 0) is 12.1 Å². The van der Waals surface area contributed by atoms with Gasteiger partial charge in [0.2, 0.25) is 0 Å². The van der Waals surface area contributed by atoms with Crippen molar-refractivity contribution in [3.05, 3.63) is 33.1 Å². The lowest BCUT2D eigenvalue weighted by atomic mass is 10.2. The molecule has 112 valence electrons. The normalized spacial score (nSPS) is 16.3. The number of thiophene rings is 1. The van der Waals surface area contributed by atoms with E-state index >= 15 is 0 Å². The molecule has 3 N–H and O–H groups in total. The fraction of sp³-hybridized carbons (Fsp3) is 0.385. The number of H-pyrrole nitrogens is 1. The van der Waals surface area contributed by atoms with Gasteiger partial charge in [-0.3, -0.25) is 14.8 Å². The van der Waals surface area contributed by atoms with E-state index in [2.05, 4.69) is 21.2 Å². The van der Waals surface area contributed by atoms with Crippen LogP contribution in [0.2, 0.25) is 4.34 Å². The van der Waals surface area contributed by atoms with E-state index in [0.717, 1.165) is 24.0 Å². The zero-order valence-corrected chi connectivity index (χ0v) is 13.0. The highest BCUT2D eigenvalue weighted by atomic mass is 35.5. The average molecular weight is 326 g/mol. The van der Waals surface area contributed by atoms with Crippen molar-refractivity contribution in [3.63, 3.8) is 0 Å². The largest absolute Gasteiger partial charge is 0.382 e. The molecule has 1 aliphatic rings. The van der Waals surface area contributed by atoms with Crippen molar-refractivity contribution < 1.29 is 4.79 Å². The number of nitrogens with one attached hydrogen (secondary N) is 1. The number of carbonyl (C=O) groups excluding carboxylic acids is 1. The number of carbonyl (C=O) groups is 1. The number of rotatable bonds is 3. The van der Waals surface area contributed by atoms with Crippen LogP contribution >= 0.6 is 22.9 Å². The minimum Gasteiger partial charge on any atom is -0.382 e. The molecular formula is C13H16ClN5OS. The first-order valence-electron chi connectivity index (χ1n) is 6.68. The molecule has 1 fully saturated rings. The van der Waals surface area contributed by atoms with Crippen LogP contribution in [0.15, 0.2) is 18.2 Å². The molecule has 2 aromatic rings. The number of nitrogens with two attached hydrogens (primary N) is 1. The van der Waals surface area contributed by atoms with Gasteiger partial charge < -0.3 is 10.6 Å². The number of halogens is 1. The quantitative estimate of drug-likeness (QED) is 0.899. The van der Waals surface area contributed by atoms with Gasteiger partial charge in [-0.25, -0.2) is 0 Å². The molecule has 0 aliphatic carbocycles. The predicted octanol–water partition coefficient (Wildman–Crippen LogP) is 1.66. The number of aromatic amines is 1. The van der Waals surface area contributed by atoms with E-state index in [1.54, 1.807) is 17.4 Å². The van der Waals surface area contributed by atoms with Crippen molar-refractivity contribution >= 4 is 34.7 Å². The lowest BCUT2D eigenvalue weighted by molar-refractivity contribution is 0.0624. The first kappa shape index (κ1) is 14.4. The van der Waals surface area contributed by atoms with Crippen LogP contribution in [0.3, 0.4) is 0 Å². The molecule has 0 atom stereocenters. The lowest BCUT2D eigenvalue weighted by Gasteiger charge is -2.34. The highest BCUT2D eigenvalue weighted by molar-refractivity contribution is 7.16. The molecule has 21 heavy (non-hydrogen) atoms. The molecule has 0 radical (unpaired) electrons. The van der Waals surface area contributed by atoms with Gasteiger partial charge in [0.05, 0.1) is 4.34 Å². The average Bonchev–Trinajstić information content (AvgIpc) is 3.08. The number of amides is 1. The number of piperazine rings is 1. The summed E-state index contributed by atoms with van der Waals surface area (Å²) in [7, 11) is 0. The van der Waals surface area contributed by atoms with Crippen LogP contribution in [-0.4, -0.2) is 52.1 Å². The van der Waals surface area contributed by atoms with E-state index < -0.39 is 0 Å². The fourth-order valence-corrected chi connectivity index (χ4v) is 3.51. The van der Waals surface area contributed by atoms with Crippen LogP contribution < -0.4 is 5.73 Å². The molecule has 2 aromatic heterocycles. The van der Waals surface area contributed by atoms with E-state index in [-0.39, 0.29) is 5.91 Å². The zero-order valence-electron chi connectivity index (χ0n) is 11.4. The maximum atomic E-state index is 12.2. The van der Waals surface area contributed by atoms with Crippen molar-refractivity contribution in [3.8, 4) is 0 Å². The van der Waals surface area contributed by atoms with E-state index in [1.165, 1.54) is 4.88 Å². The molecular weight excluding hydrogens is 310 g/mol. The van der Waals surface area contributed by atoms with Gasteiger partial charge in [0.15, 0.2) is 0 Å². The van der Waals surface area contributed by atoms with Gasteiger partial charge in [-0.15, -0.1) is 11.3 Å². The van der Waals surface area contributed by atoms with E-state index in [9.17, 15) is 4.79 Å². The second-order valence-electron chi connectivity index (χ2n) is 4.98. The number of anilines is 1. The smallest absolute Gasteiger partial charge is 0.272 e. The summed E-state index contributed by atoms with van der Waals surface area (Å²) in [6, 6.07) is 5.55. The highest BCUT2D eigenvalue weighted by Crippen LogP contribution is 2.23. The Morgan fingerprint density at radius 1 is 1.38 bits per heavy atom. The van der Waals surface area contributed by atoms with Crippen molar-refractivity contribution in [2.75, 3.05) is 31.9 Å². The third-order valence-electron chi connectivity index (χ3n) is 3.50. The van der Waals surface area contributed by atoms with Crippen LogP contribution in [0.1, 0.15) is 15.4 Å². The van der Waals surface area contributed by atoms with Crippen molar-refractivity contribution in [2.45, 2.75) is 6.54 Å². The molecule has 1 saturated heterocycles. The summed E-state index contributed by atoms with van der Waals surface area (Å²) >= 11 is 7.54. The third-order valence-corrected chi connectivity index (χ3v) is 4.71. The standard InChI is InChI=1S/C13H16ClN5OS/c14-11-2-1-9(21-11)8-18-3-5-19(6-4-18)13(20)10-7-12(15)17-16-10/h1-2,7H,3-6,8H2,(H3,15,16,17). The highest BCUT2D eigenvalue weighted by Gasteiger charge is 2.23. The Balaban J connectivity index is 1.54. The molecule has 1 amide bonds. The minimum absolute atomic E-state index is 0.0435. The summed E-state index contributed by atoms with van der Waals surface area (Å²) in [5.41, 5.74) is 5.97. The Hall–Kier alpha value is -1.57. The molecule has 0 saturated carbocycles. The van der Waals surface area contributed by atoms with E-state index in [4.69, 9.17) is 17.3 Å². The number of nitrogen functional groups attached to an aromatic ring is 1. The summed E-state index contributed by atoms with van der Waals surface area (Å²) in [5.74, 6) is 0.296. The maximum absolute atomic E-state index is 12.2. The monoisotopic (exact) mass is 325 g/mol. The Morgan fingerprint density at radius 2 is 2.14 bits per heavy atom. The van der Waals surface area contributed by atoms with Crippen LogP contribution in [0.5, 0.6) is 0 Å². The Bertz CT molecular complexity index is 632. The molecule has 1 aliphatic heterocycles. The first-order valence-corrected chi connectivity index (χ1v) is 7.88. The van der Waals surface area contributed by atoms with Crippen molar-refractivity contribution in [1.29, 1.82) is 0 Å². The first-order chi connectivity index (χ1) is 10.1. The van der Waals surface area contributed by atoms with Crippen LogP contribution in [0, 0.1) is 0 Å². The van der Waals surface area contributed by atoms with Crippen LogP contribution in [0.4, 0.5) is 5.82 Å². The fourth-order valence-electron chi connectivity index (χ4n) is 2.38. The Morgan fingerprint density at radius 3 is 2.71 bits per heavy atom. The number of hydrogen-bond donors (Lipinski definition) is 2. The maximum Gasteiger partial charge on any atom is 0.272 e. The van der Waals surface area contributed by atoms with Gasteiger partial charge in [-0.1, -0.05) is 11.6 Å². The third kappa shape index (κ3) is 3.37. The van der Waals surface area contributed by atoms with Crippen LogP contribution in [-0.2, 0) is 6.54 Å². The molecule has 3 heterocycles. The van der Waals surface area contributed by atoms with Gasteiger partial charge in [0.25, 0.3) is 5.91 Å². The Kier molecular flexibility index (Phi) is 4.14. The van der Waals surface area contributed by atoms with Gasteiger partial charge in [0, 0.05) is 43.7 Å². The van der Waals surface area contributed by atoms with Crippen molar-refractivity contribution in [1.82, 2.24) is 20.0 Å². The number of aromatic nitrogens is 2. The zero-order chi connectivity index (χ0) is 14.8. The van der Waals surface area contributed by atoms with Gasteiger partial charge in [0.1, 0.15) is 11.5 Å². The second kappa shape index (κ2) is 6.05. The number of hydrogen-bond acceptors (Lipinski definition) is 5. The topological polar surface area (TPSA) is 78.3 Å². The molecule has 0 spiro atoms. The van der Waals surface area contributed by atoms with E-state index in [1.807, 2.05) is 11.0 Å². The molecule has 6 nitrogen and oxygen atoms in total. The van der Waals surface area contributed by atoms with Gasteiger partial charge in [-0.2, -0.15) is 5.10 Å². The second-order valence-corrected chi connectivity index (χ2v) is 6.78.